The maximum atomic E-state index is 5.53. The van der Waals surface area contributed by atoms with E-state index in [2.05, 4.69) is 4.90 Å². The standard InChI is InChI=1S/C7H13Cl2N/c1-7(5-9)6-10(2)4-3-8/h5H,3-4,6H2,1-2H3. The average molecular weight is 182 g/mol. The number of hydrogen-bond donors (Lipinski definition) is 0. The summed E-state index contributed by atoms with van der Waals surface area (Å²) in [6.07, 6.45) is 0. The van der Waals surface area contributed by atoms with Crippen LogP contribution in [0.15, 0.2) is 11.1 Å². The highest BCUT2D eigenvalue weighted by atomic mass is 35.5. The van der Waals surface area contributed by atoms with Crippen LogP contribution in [-0.2, 0) is 0 Å². The molecular weight excluding hydrogens is 169 g/mol. The predicted molar refractivity (Wildman–Crippen MR) is 47.8 cm³/mol. The fraction of sp³-hybridized carbons (Fsp3) is 0.714. The van der Waals surface area contributed by atoms with E-state index in [-0.39, 0.29) is 0 Å². The number of halogens is 2. The van der Waals surface area contributed by atoms with Gasteiger partial charge >= 0.3 is 0 Å². The van der Waals surface area contributed by atoms with E-state index in [1.165, 1.54) is 0 Å². The lowest BCUT2D eigenvalue weighted by Gasteiger charge is -2.13. The second-order valence-corrected chi connectivity index (χ2v) is 2.98. The molecule has 0 fully saturated rings. The van der Waals surface area contributed by atoms with Crippen LogP contribution in [0.2, 0.25) is 0 Å². The van der Waals surface area contributed by atoms with E-state index in [0.29, 0.717) is 5.88 Å². The fourth-order valence-corrected chi connectivity index (χ4v) is 1.04. The summed E-state index contributed by atoms with van der Waals surface area (Å²) in [4.78, 5) is 2.13. The first-order valence-corrected chi connectivity index (χ1v) is 4.18. The molecule has 3 heteroatoms. The molecule has 0 saturated heterocycles. The fourth-order valence-electron chi connectivity index (χ4n) is 0.684. The molecule has 0 radical (unpaired) electrons. The van der Waals surface area contributed by atoms with Crippen LogP contribution in [0.4, 0.5) is 0 Å². The van der Waals surface area contributed by atoms with Crippen molar-refractivity contribution < 1.29 is 0 Å². The lowest BCUT2D eigenvalue weighted by Crippen LogP contribution is -2.22. The minimum Gasteiger partial charge on any atom is -0.301 e. The summed E-state index contributed by atoms with van der Waals surface area (Å²) in [6, 6.07) is 0. The second kappa shape index (κ2) is 6.02. The zero-order valence-electron chi connectivity index (χ0n) is 6.40. The summed E-state index contributed by atoms with van der Waals surface area (Å²) in [5.74, 6) is 0.673. The van der Waals surface area contributed by atoms with E-state index in [1.54, 1.807) is 5.54 Å². The van der Waals surface area contributed by atoms with Crippen LogP contribution in [0.3, 0.4) is 0 Å². The molecule has 0 aliphatic heterocycles. The smallest absolute Gasteiger partial charge is 0.0351 e. The Hall–Kier alpha value is 0.280. The molecule has 0 amide bonds. The quantitative estimate of drug-likeness (QED) is 0.603. The van der Waals surface area contributed by atoms with Gasteiger partial charge < -0.3 is 4.90 Å². The van der Waals surface area contributed by atoms with E-state index in [4.69, 9.17) is 23.2 Å². The highest BCUT2D eigenvalue weighted by Gasteiger charge is 1.96. The zero-order valence-corrected chi connectivity index (χ0v) is 7.91. The summed E-state index contributed by atoms with van der Waals surface area (Å²) in [5, 5.41) is 0. The zero-order chi connectivity index (χ0) is 7.98. The third-order valence-electron chi connectivity index (χ3n) is 1.17. The summed E-state index contributed by atoms with van der Waals surface area (Å²) in [5.41, 5.74) is 2.76. The van der Waals surface area contributed by atoms with E-state index >= 15 is 0 Å². The SMILES string of the molecule is CC(=CCl)CN(C)CCCl. The highest BCUT2D eigenvalue weighted by Crippen LogP contribution is 1.97. The minimum atomic E-state index is 0.673. The molecule has 0 bridgehead atoms. The molecule has 0 saturated carbocycles. The normalized spacial score (nSPS) is 12.7. The monoisotopic (exact) mass is 181 g/mol. The van der Waals surface area contributed by atoms with Gasteiger partial charge in [0.2, 0.25) is 0 Å². The van der Waals surface area contributed by atoms with Gasteiger partial charge in [-0.3, -0.25) is 0 Å². The third-order valence-corrected chi connectivity index (χ3v) is 1.71. The molecule has 0 atom stereocenters. The van der Waals surface area contributed by atoms with Gasteiger partial charge in [-0.15, -0.1) is 11.6 Å². The van der Waals surface area contributed by atoms with Gasteiger partial charge in [-0.1, -0.05) is 11.6 Å². The maximum Gasteiger partial charge on any atom is 0.0351 e. The minimum absolute atomic E-state index is 0.673. The predicted octanol–water partition coefficient (Wildman–Crippen LogP) is 2.30. The molecule has 0 aromatic carbocycles. The Balaban J connectivity index is 3.47. The van der Waals surface area contributed by atoms with Crippen molar-refractivity contribution in [1.82, 2.24) is 4.90 Å². The number of alkyl halides is 1. The lowest BCUT2D eigenvalue weighted by molar-refractivity contribution is 0.386. The molecule has 0 aromatic rings. The Bertz CT molecular complexity index is 112. The Morgan fingerprint density at radius 3 is 2.60 bits per heavy atom. The molecule has 0 aliphatic rings. The first-order valence-electron chi connectivity index (χ1n) is 3.21. The van der Waals surface area contributed by atoms with Gasteiger partial charge in [0.1, 0.15) is 0 Å². The molecule has 0 rings (SSSR count). The Morgan fingerprint density at radius 1 is 1.60 bits per heavy atom. The van der Waals surface area contributed by atoms with Gasteiger partial charge in [0, 0.05) is 24.5 Å². The highest BCUT2D eigenvalue weighted by molar-refractivity contribution is 6.25. The number of nitrogens with zero attached hydrogens (tertiary/aromatic N) is 1. The molecule has 0 N–H and O–H groups in total. The van der Waals surface area contributed by atoms with E-state index < -0.39 is 0 Å². The van der Waals surface area contributed by atoms with Gasteiger partial charge in [-0.2, -0.15) is 0 Å². The Kier molecular flexibility index (Phi) is 6.19. The molecule has 60 valence electrons. The van der Waals surface area contributed by atoms with Crippen LogP contribution >= 0.6 is 23.2 Å². The van der Waals surface area contributed by atoms with Gasteiger partial charge in [0.25, 0.3) is 0 Å². The topological polar surface area (TPSA) is 3.24 Å². The summed E-state index contributed by atoms with van der Waals surface area (Å²) < 4.78 is 0. The maximum absolute atomic E-state index is 5.53. The molecule has 0 spiro atoms. The van der Waals surface area contributed by atoms with E-state index in [9.17, 15) is 0 Å². The molecule has 0 aliphatic carbocycles. The van der Waals surface area contributed by atoms with Crippen LogP contribution < -0.4 is 0 Å². The van der Waals surface area contributed by atoms with Crippen molar-refractivity contribution in [3.63, 3.8) is 0 Å². The Morgan fingerprint density at radius 2 is 2.20 bits per heavy atom. The number of rotatable bonds is 4. The van der Waals surface area contributed by atoms with Crippen LogP contribution in [0, 0.1) is 0 Å². The van der Waals surface area contributed by atoms with Crippen molar-refractivity contribution in [3.05, 3.63) is 11.1 Å². The molecular formula is C7H13Cl2N. The molecule has 0 aromatic heterocycles. The van der Waals surface area contributed by atoms with Crippen molar-refractivity contribution in [2.75, 3.05) is 26.0 Å². The first kappa shape index (κ1) is 10.3. The van der Waals surface area contributed by atoms with Gasteiger partial charge in [0.05, 0.1) is 0 Å². The number of hydrogen-bond acceptors (Lipinski definition) is 1. The van der Waals surface area contributed by atoms with Gasteiger partial charge in [-0.05, 0) is 19.5 Å². The molecule has 10 heavy (non-hydrogen) atoms. The van der Waals surface area contributed by atoms with Crippen molar-refractivity contribution in [2.45, 2.75) is 6.92 Å². The van der Waals surface area contributed by atoms with Crippen LogP contribution in [0.1, 0.15) is 6.92 Å². The lowest BCUT2D eigenvalue weighted by atomic mass is 10.3. The summed E-state index contributed by atoms with van der Waals surface area (Å²) in [7, 11) is 2.02. The molecule has 1 nitrogen and oxygen atoms in total. The van der Waals surface area contributed by atoms with Crippen LogP contribution in [-0.4, -0.2) is 30.9 Å². The molecule has 0 heterocycles. The van der Waals surface area contributed by atoms with Crippen molar-refractivity contribution in [3.8, 4) is 0 Å². The third kappa shape index (κ3) is 5.10. The van der Waals surface area contributed by atoms with Crippen LogP contribution in [0.25, 0.3) is 0 Å². The van der Waals surface area contributed by atoms with E-state index in [0.717, 1.165) is 18.7 Å². The summed E-state index contributed by atoms with van der Waals surface area (Å²) in [6.45, 7) is 3.80. The van der Waals surface area contributed by atoms with Gasteiger partial charge in [-0.25, -0.2) is 0 Å². The summed E-state index contributed by atoms with van der Waals surface area (Å²) >= 11 is 11.0. The average Bonchev–Trinajstić information content (AvgIpc) is 1.88. The largest absolute Gasteiger partial charge is 0.301 e. The van der Waals surface area contributed by atoms with Crippen molar-refractivity contribution in [1.29, 1.82) is 0 Å². The van der Waals surface area contributed by atoms with E-state index in [1.807, 2.05) is 14.0 Å². The first-order chi connectivity index (χ1) is 4.70. The van der Waals surface area contributed by atoms with Gasteiger partial charge in [0.15, 0.2) is 0 Å². The van der Waals surface area contributed by atoms with Crippen molar-refractivity contribution in [2.24, 2.45) is 0 Å². The number of likely N-dealkylation sites (N-methyl/N-ethyl adjacent to an activating group) is 1. The van der Waals surface area contributed by atoms with Crippen LogP contribution in [0.5, 0.6) is 0 Å². The Labute approximate surface area is 72.6 Å². The molecule has 0 unspecified atom stereocenters. The second-order valence-electron chi connectivity index (χ2n) is 2.38. The van der Waals surface area contributed by atoms with Crippen molar-refractivity contribution >= 4 is 23.2 Å².